The molecule has 0 bridgehead atoms. The Balaban J connectivity index is 2.18. The summed E-state index contributed by atoms with van der Waals surface area (Å²) >= 11 is 0. The van der Waals surface area contributed by atoms with Gasteiger partial charge in [0, 0.05) is 10.9 Å². The van der Waals surface area contributed by atoms with Crippen LogP contribution in [0.5, 0.6) is 0 Å². The maximum atomic E-state index is 13.2. The van der Waals surface area contributed by atoms with Crippen LogP contribution in [0.4, 0.5) is 13.2 Å². The lowest BCUT2D eigenvalue weighted by Crippen LogP contribution is -2.50. The van der Waals surface area contributed by atoms with E-state index < -0.39 is 84.3 Å². The van der Waals surface area contributed by atoms with Crippen molar-refractivity contribution in [1.82, 2.24) is 0 Å². The number of aliphatic hydroxyl groups is 7. The molecule has 1 aliphatic heterocycles. The van der Waals surface area contributed by atoms with Gasteiger partial charge in [0.05, 0.1) is 25.4 Å². The Morgan fingerprint density at radius 2 is 1.71 bits per heavy atom. The van der Waals surface area contributed by atoms with E-state index in [-0.39, 0.29) is 17.1 Å². The molecule has 31 heavy (non-hydrogen) atoms. The maximum Gasteiger partial charge on any atom is 0.416 e. The topological polar surface area (TPSA) is 151 Å². The summed E-state index contributed by atoms with van der Waals surface area (Å²) < 4.78 is 45.0. The standard InChI is InChI=1S/C19H28F3O8S/c20-19(21,22)11-4-2-1-3-10(11)7-30-18(17(29)12(25)5-23)14(27)9-31-8-13(26)16(28)15(31)6-24/h1-4,12-18,23-29H,5-9H2/q+1/t12-,13+,14+,15+,16-,17+,18-,31?/m0/s1. The molecule has 8 atom stereocenters. The molecular formula is C19H28F3O8S+. The Labute approximate surface area is 179 Å². The molecule has 0 amide bonds. The van der Waals surface area contributed by atoms with Gasteiger partial charge in [-0.25, -0.2) is 0 Å². The van der Waals surface area contributed by atoms with Crippen molar-refractivity contribution < 1.29 is 53.7 Å². The second kappa shape index (κ2) is 11.3. The van der Waals surface area contributed by atoms with Gasteiger partial charge in [0.2, 0.25) is 0 Å². The van der Waals surface area contributed by atoms with Gasteiger partial charge in [0.15, 0.2) is 5.25 Å². The molecule has 1 fully saturated rings. The van der Waals surface area contributed by atoms with Gasteiger partial charge < -0.3 is 40.5 Å². The van der Waals surface area contributed by atoms with Crippen molar-refractivity contribution >= 4 is 10.9 Å². The SMILES string of the molecule is OC[C@@H]1[C@@H](O)[C@H](O)C[S+]1C[C@@H](O)[C@H](OCc1ccccc1C(F)(F)F)[C@H](O)[C@@H](O)CO. The Hall–Kier alpha value is -0.960. The average molecular weight is 473 g/mol. The minimum atomic E-state index is -4.65. The summed E-state index contributed by atoms with van der Waals surface area (Å²) in [6.45, 7) is -1.98. The van der Waals surface area contributed by atoms with Gasteiger partial charge in [0.1, 0.15) is 48.1 Å². The van der Waals surface area contributed by atoms with Crippen molar-refractivity contribution in [3.8, 4) is 0 Å². The highest BCUT2D eigenvalue weighted by Crippen LogP contribution is 2.33. The highest BCUT2D eigenvalue weighted by Gasteiger charge is 2.51. The number of aliphatic hydroxyl groups excluding tert-OH is 7. The van der Waals surface area contributed by atoms with Gasteiger partial charge in [0.25, 0.3) is 0 Å². The molecule has 2 rings (SSSR count). The summed E-state index contributed by atoms with van der Waals surface area (Å²) in [6, 6.07) is 4.61. The monoisotopic (exact) mass is 473 g/mol. The molecule has 0 radical (unpaired) electrons. The van der Waals surface area contributed by atoms with Crippen LogP contribution < -0.4 is 0 Å². The van der Waals surface area contributed by atoms with Gasteiger partial charge >= 0.3 is 6.18 Å². The van der Waals surface area contributed by atoms with Gasteiger partial charge in [-0.15, -0.1) is 0 Å². The quantitative estimate of drug-likeness (QED) is 0.200. The zero-order chi connectivity index (χ0) is 23.3. The number of hydrogen-bond acceptors (Lipinski definition) is 8. The minimum Gasteiger partial charge on any atom is -0.394 e. The van der Waals surface area contributed by atoms with E-state index >= 15 is 0 Å². The van der Waals surface area contributed by atoms with E-state index in [1.54, 1.807) is 0 Å². The second-order valence-corrected chi connectivity index (χ2v) is 9.74. The van der Waals surface area contributed by atoms with Crippen LogP contribution in [0.3, 0.4) is 0 Å². The zero-order valence-corrected chi connectivity index (χ0v) is 17.3. The molecule has 1 aromatic carbocycles. The van der Waals surface area contributed by atoms with E-state index in [0.29, 0.717) is 0 Å². The van der Waals surface area contributed by atoms with E-state index in [9.17, 15) is 43.8 Å². The van der Waals surface area contributed by atoms with Crippen LogP contribution in [0.2, 0.25) is 0 Å². The lowest BCUT2D eigenvalue weighted by molar-refractivity contribution is -0.148. The molecule has 1 aromatic rings. The van der Waals surface area contributed by atoms with Crippen LogP contribution in [0, 0.1) is 0 Å². The van der Waals surface area contributed by atoms with Crippen LogP contribution in [-0.2, 0) is 28.4 Å². The lowest BCUT2D eigenvalue weighted by atomic mass is 10.0. The first kappa shape index (κ1) is 26.3. The highest BCUT2D eigenvalue weighted by molar-refractivity contribution is 7.97. The van der Waals surface area contributed by atoms with Crippen LogP contribution in [0.1, 0.15) is 11.1 Å². The Morgan fingerprint density at radius 1 is 1.06 bits per heavy atom. The van der Waals surface area contributed by atoms with E-state index in [0.717, 1.165) is 6.07 Å². The molecule has 12 heteroatoms. The summed E-state index contributed by atoms with van der Waals surface area (Å²) in [7, 11) is -0.889. The largest absolute Gasteiger partial charge is 0.416 e. The first-order chi connectivity index (χ1) is 14.5. The smallest absolute Gasteiger partial charge is 0.394 e. The molecule has 1 heterocycles. The molecule has 0 saturated carbocycles. The van der Waals surface area contributed by atoms with Crippen LogP contribution in [-0.4, -0.2) is 102 Å². The molecule has 8 nitrogen and oxygen atoms in total. The maximum absolute atomic E-state index is 13.2. The number of hydrogen-bond donors (Lipinski definition) is 7. The number of alkyl halides is 3. The predicted octanol–water partition coefficient (Wildman–Crippen LogP) is -1.62. The normalized spacial score (nSPS) is 28.3. The van der Waals surface area contributed by atoms with Crippen molar-refractivity contribution in [2.75, 3.05) is 24.7 Å². The molecular weight excluding hydrogens is 445 g/mol. The number of halogens is 3. The van der Waals surface area contributed by atoms with Crippen molar-refractivity contribution in [3.05, 3.63) is 35.4 Å². The third kappa shape index (κ3) is 6.53. The summed E-state index contributed by atoms with van der Waals surface area (Å²) in [6.07, 6.45) is -13.6. The molecule has 178 valence electrons. The van der Waals surface area contributed by atoms with Crippen LogP contribution in [0.25, 0.3) is 0 Å². The van der Waals surface area contributed by atoms with Gasteiger partial charge in [-0.3, -0.25) is 0 Å². The fourth-order valence-electron chi connectivity index (χ4n) is 3.48. The second-order valence-electron chi connectivity index (χ2n) is 7.39. The van der Waals surface area contributed by atoms with Crippen LogP contribution in [0.15, 0.2) is 24.3 Å². The van der Waals surface area contributed by atoms with Gasteiger partial charge in [-0.2, -0.15) is 13.2 Å². The summed E-state index contributed by atoms with van der Waals surface area (Å²) in [5.41, 5.74) is -1.20. The summed E-state index contributed by atoms with van der Waals surface area (Å²) in [4.78, 5) is 0. The molecule has 1 unspecified atom stereocenters. The van der Waals surface area contributed by atoms with E-state index in [2.05, 4.69) is 0 Å². The predicted molar refractivity (Wildman–Crippen MR) is 105 cm³/mol. The van der Waals surface area contributed by atoms with Gasteiger partial charge in [-0.1, -0.05) is 18.2 Å². The zero-order valence-electron chi connectivity index (χ0n) is 16.5. The molecule has 0 aliphatic carbocycles. The van der Waals surface area contributed by atoms with Crippen molar-refractivity contribution in [2.24, 2.45) is 0 Å². The number of ether oxygens (including phenoxy) is 1. The lowest BCUT2D eigenvalue weighted by Gasteiger charge is -2.30. The summed E-state index contributed by atoms with van der Waals surface area (Å²) in [5, 5.41) is 68.3. The highest BCUT2D eigenvalue weighted by atomic mass is 32.2. The molecule has 1 aliphatic rings. The third-order valence-electron chi connectivity index (χ3n) is 5.20. The van der Waals surface area contributed by atoms with Crippen molar-refractivity contribution in [2.45, 2.75) is 54.7 Å². The minimum absolute atomic E-state index is 0.0751. The molecule has 0 aromatic heterocycles. The van der Waals surface area contributed by atoms with Crippen LogP contribution >= 0.6 is 0 Å². The van der Waals surface area contributed by atoms with E-state index in [1.807, 2.05) is 0 Å². The van der Waals surface area contributed by atoms with Gasteiger partial charge in [-0.05, 0) is 11.6 Å². The number of rotatable bonds is 10. The Kier molecular flexibility index (Phi) is 9.55. The Morgan fingerprint density at radius 3 is 2.29 bits per heavy atom. The first-order valence-electron chi connectivity index (χ1n) is 9.56. The number of benzene rings is 1. The molecule has 7 N–H and O–H groups in total. The summed E-state index contributed by atoms with van der Waals surface area (Å²) in [5.74, 6) is -0.0775. The van der Waals surface area contributed by atoms with E-state index in [4.69, 9.17) is 9.84 Å². The fraction of sp³-hybridized carbons (Fsp3) is 0.684. The average Bonchev–Trinajstić information content (AvgIpc) is 2.99. The third-order valence-corrected chi connectivity index (χ3v) is 8.03. The molecule has 0 spiro atoms. The Bertz CT molecular complexity index is 694. The fourth-order valence-corrected chi connectivity index (χ4v) is 6.16. The first-order valence-corrected chi connectivity index (χ1v) is 11.2. The molecule has 1 saturated heterocycles. The van der Waals surface area contributed by atoms with Crippen molar-refractivity contribution in [3.63, 3.8) is 0 Å². The van der Waals surface area contributed by atoms with Crippen molar-refractivity contribution in [1.29, 1.82) is 0 Å². The van der Waals surface area contributed by atoms with E-state index in [1.165, 1.54) is 18.2 Å².